The van der Waals surface area contributed by atoms with Crippen molar-refractivity contribution in [1.29, 1.82) is 0 Å². The Kier molecular flexibility index (Phi) is 82.7. The molecule has 0 atom stereocenters. The van der Waals surface area contributed by atoms with Gasteiger partial charge in [0.15, 0.2) is 0 Å². The summed E-state index contributed by atoms with van der Waals surface area (Å²) in [5.41, 5.74) is 0. The lowest BCUT2D eigenvalue weighted by Gasteiger charge is -1.52. The first kappa shape index (κ1) is 15.9. The van der Waals surface area contributed by atoms with E-state index in [1.807, 2.05) is 0 Å². The number of rotatable bonds is 0. The maximum Gasteiger partial charge on any atom is 0.335 e. The second-order valence-electron chi connectivity index (χ2n) is 0.700. The fourth-order valence-corrected chi connectivity index (χ4v) is 0. The molecule has 9 heavy (non-hydrogen) atoms. The van der Waals surface area contributed by atoms with Gasteiger partial charge in [-0.3, -0.25) is 0 Å². The van der Waals surface area contributed by atoms with Gasteiger partial charge in [0.25, 0.3) is 0 Å². The van der Waals surface area contributed by atoms with Crippen molar-refractivity contribution in [3.63, 3.8) is 0 Å². The SMILES string of the molecule is CCO.CCO.O=S=O. The monoisotopic (exact) mass is 156 g/mol. The van der Waals surface area contributed by atoms with Crippen LogP contribution in [0, 0.1) is 0 Å². The maximum absolute atomic E-state index is 8.29. The highest BCUT2D eigenvalue weighted by Crippen LogP contribution is 1.30. The fourth-order valence-electron chi connectivity index (χ4n) is 0. The highest BCUT2D eigenvalue weighted by atomic mass is 32.1. The average Bonchev–Trinajstić information content (AvgIpc) is 1.70. The van der Waals surface area contributed by atoms with Gasteiger partial charge in [0.2, 0.25) is 0 Å². The zero-order valence-electron chi connectivity index (χ0n) is 5.53. The summed E-state index contributed by atoms with van der Waals surface area (Å²) in [6.07, 6.45) is 0. The molecule has 4 nitrogen and oxygen atoms in total. The smallest absolute Gasteiger partial charge is 0.335 e. The van der Waals surface area contributed by atoms with Gasteiger partial charge in [-0.25, -0.2) is 0 Å². The normalized spacial score (nSPS) is 5.33. The first-order valence-corrected chi connectivity index (χ1v) is 3.05. The zero-order chi connectivity index (χ0) is 8.12. The van der Waals surface area contributed by atoms with Crippen molar-refractivity contribution in [3.8, 4) is 0 Å². The molecule has 0 saturated carbocycles. The molecular weight excluding hydrogens is 144 g/mol. The Morgan fingerprint density at radius 1 is 1.11 bits per heavy atom. The molecule has 0 aliphatic rings. The average molecular weight is 156 g/mol. The molecule has 0 saturated heterocycles. The van der Waals surface area contributed by atoms with E-state index in [-0.39, 0.29) is 13.2 Å². The van der Waals surface area contributed by atoms with Crippen molar-refractivity contribution < 1.29 is 18.6 Å². The number of aliphatic hydroxyl groups is 2. The lowest BCUT2D eigenvalue weighted by atomic mass is 10.9. The molecule has 0 aromatic rings. The Morgan fingerprint density at radius 3 is 1.11 bits per heavy atom. The van der Waals surface area contributed by atoms with E-state index in [9.17, 15) is 0 Å². The van der Waals surface area contributed by atoms with Crippen molar-refractivity contribution in [2.45, 2.75) is 13.8 Å². The Bertz CT molecular complexity index is 48.5. The second-order valence-corrected chi connectivity index (χ2v) is 0.837. The van der Waals surface area contributed by atoms with Crippen molar-refractivity contribution in [2.75, 3.05) is 13.2 Å². The predicted molar refractivity (Wildman–Crippen MR) is 34.4 cm³/mol. The summed E-state index contributed by atoms with van der Waals surface area (Å²) >= 11 is -0.750. The Morgan fingerprint density at radius 2 is 1.11 bits per heavy atom. The minimum atomic E-state index is -0.750. The second kappa shape index (κ2) is 46.8. The van der Waals surface area contributed by atoms with Crippen LogP contribution in [0.25, 0.3) is 0 Å². The Hall–Kier alpha value is -0.260. The van der Waals surface area contributed by atoms with Crippen LogP contribution in [0.3, 0.4) is 0 Å². The van der Waals surface area contributed by atoms with Crippen LogP contribution in [0.2, 0.25) is 0 Å². The van der Waals surface area contributed by atoms with E-state index in [4.69, 9.17) is 18.6 Å². The van der Waals surface area contributed by atoms with Crippen molar-refractivity contribution in [2.24, 2.45) is 0 Å². The summed E-state index contributed by atoms with van der Waals surface area (Å²) < 4.78 is 16.6. The number of hydrogen-bond donors (Lipinski definition) is 2. The highest BCUT2D eigenvalue weighted by molar-refractivity contribution is 7.51. The molecule has 58 valence electrons. The largest absolute Gasteiger partial charge is 0.397 e. The van der Waals surface area contributed by atoms with E-state index >= 15 is 0 Å². The molecule has 2 N–H and O–H groups in total. The van der Waals surface area contributed by atoms with Gasteiger partial charge in [-0.1, -0.05) is 0 Å². The summed E-state index contributed by atoms with van der Waals surface area (Å²) in [5.74, 6) is 0. The molecule has 0 aromatic heterocycles. The van der Waals surface area contributed by atoms with E-state index in [0.29, 0.717) is 0 Å². The molecule has 0 unspecified atom stereocenters. The molecule has 0 radical (unpaired) electrons. The third-order valence-electron chi connectivity index (χ3n) is 0. The summed E-state index contributed by atoms with van der Waals surface area (Å²) in [4.78, 5) is 0. The van der Waals surface area contributed by atoms with E-state index in [0.717, 1.165) is 0 Å². The topological polar surface area (TPSA) is 74.6 Å². The van der Waals surface area contributed by atoms with Crippen LogP contribution in [-0.2, 0) is 11.6 Å². The van der Waals surface area contributed by atoms with Gasteiger partial charge in [-0.2, -0.15) is 8.42 Å². The fraction of sp³-hybridized carbons (Fsp3) is 1.00. The lowest BCUT2D eigenvalue weighted by Crippen LogP contribution is -1.57. The van der Waals surface area contributed by atoms with Gasteiger partial charge < -0.3 is 10.2 Å². The molecule has 0 bridgehead atoms. The van der Waals surface area contributed by atoms with Crippen LogP contribution in [-0.4, -0.2) is 31.8 Å². The molecule has 0 rings (SSSR count). The summed E-state index contributed by atoms with van der Waals surface area (Å²) in [7, 11) is 0. The molecule has 0 amide bonds. The first-order valence-electron chi connectivity index (χ1n) is 2.38. The minimum absolute atomic E-state index is 0.250. The van der Waals surface area contributed by atoms with E-state index in [1.165, 1.54) is 0 Å². The van der Waals surface area contributed by atoms with E-state index < -0.39 is 11.6 Å². The van der Waals surface area contributed by atoms with Gasteiger partial charge in [0, 0.05) is 13.2 Å². The lowest BCUT2D eigenvalue weighted by molar-refractivity contribution is 0.318. The number of aliphatic hydroxyl groups excluding tert-OH is 2. The molecule has 0 aromatic carbocycles. The maximum atomic E-state index is 8.29. The van der Waals surface area contributed by atoms with Gasteiger partial charge in [0.05, 0.1) is 0 Å². The van der Waals surface area contributed by atoms with Crippen LogP contribution < -0.4 is 0 Å². The van der Waals surface area contributed by atoms with Crippen molar-refractivity contribution in [3.05, 3.63) is 0 Å². The summed E-state index contributed by atoms with van der Waals surface area (Å²) in [6, 6.07) is 0. The Balaban J connectivity index is -0.0000000600. The number of hydrogen-bond acceptors (Lipinski definition) is 4. The van der Waals surface area contributed by atoms with Gasteiger partial charge in [-0.05, 0) is 13.8 Å². The molecule has 0 aliphatic heterocycles. The predicted octanol–water partition coefficient (Wildman–Crippen LogP) is -0.673. The standard InChI is InChI=1S/2C2H6O.O2S/c2*1-2-3;1-3-2/h2*3H,2H2,1H3;. The first-order chi connectivity index (χ1) is 4.24. The molecular formula is C4H12O4S. The summed E-state index contributed by atoms with van der Waals surface area (Å²) in [6.45, 7) is 3.86. The van der Waals surface area contributed by atoms with Gasteiger partial charge in [-0.15, -0.1) is 0 Å². The third-order valence-corrected chi connectivity index (χ3v) is 0. The molecule has 0 spiro atoms. The van der Waals surface area contributed by atoms with Crippen molar-refractivity contribution in [1.82, 2.24) is 0 Å². The zero-order valence-corrected chi connectivity index (χ0v) is 6.35. The Labute approximate surface area is 58.1 Å². The molecule has 0 fully saturated rings. The van der Waals surface area contributed by atoms with Crippen LogP contribution in [0.4, 0.5) is 0 Å². The van der Waals surface area contributed by atoms with Gasteiger partial charge >= 0.3 is 11.6 Å². The van der Waals surface area contributed by atoms with Crippen LogP contribution in [0.15, 0.2) is 0 Å². The molecule has 0 aliphatic carbocycles. The van der Waals surface area contributed by atoms with Crippen molar-refractivity contribution >= 4 is 11.6 Å². The van der Waals surface area contributed by atoms with E-state index in [1.54, 1.807) is 13.8 Å². The van der Waals surface area contributed by atoms with E-state index in [2.05, 4.69) is 0 Å². The van der Waals surface area contributed by atoms with Gasteiger partial charge in [0.1, 0.15) is 0 Å². The van der Waals surface area contributed by atoms with Crippen LogP contribution >= 0.6 is 0 Å². The van der Waals surface area contributed by atoms with Crippen LogP contribution in [0.5, 0.6) is 0 Å². The highest BCUT2D eigenvalue weighted by Gasteiger charge is 1.34. The molecule has 0 heterocycles. The third kappa shape index (κ3) is 3770. The quantitative estimate of drug-likeness (QED) is 0.487. The molecule has 5 heteroatoms. The minimum Gasteiger partial charge on any atom is -0.397 e. The summed E-state index contributed by atoms with van der Waals surface area (Å²) in [5, 5.41) is 15.1. The van der Waals surface area contributed by atoms with Crippen LogP contribution in [0.1, 0.15) is 13.8 Å².